The number of nitrogen functional groups attached to an aromatic ring is 1. The number of guanidine groups is 1. The van der Waals surface area contributed by atoms with Crippen LogP contribution in [-0.2, 0) is 13.1 Å². The molecule has 0 unspecified atom stereocenters. The number of piperazine rings is 1. The largest absolute Gasteiger partial charge is 0.370 e. The first-order valence-corrected chi connectivity index (χ1v) is 8.65. The molecule has 136 valence electrons. The number of nitrogens with one attached hydrogen (secondary N) is 1. The van der Waals surface area contributed by atoms with Crippen LogP contribution in [0.3, 0.4) is 0 Å². The first-order valence-electron chi connectivity index (χ1n) is 8.65. The fraction of sp³-hybridized carbons (Fsp3) is 0.588. The molecule has 8 nitrogen and oxygen atoms in total. The van der Waals surface area contributed by atoms with E-state index in [1.54, 1.807) is 6.20 Å². The molecule has 1 fully saturated rings. The normalized spacial score (nSPS) is 16.5. The summed E-state index contributed by atoms with van der Waals surface area (Å²) in [5, 5.41) is 8.58. The predicted molar refractivity (Wildman–Crippen MR) is 100 cm³/mol. The topological polar surface area (TPSA) is 113 Å². The summed E-state index contributed by atoms with van der Waals surface area (Å²) >= 11 is 0. The molecule has 1 aliphatic rings. The van der Waals surface area contributed by atoms with Crippen LogP contribution in [0.2, 0.25) is 0 Å². The van der Waals surface area contributed by atoms with Gasteiger partial charge in [0.15, 0.2) is 5.96 Å². The van der Waals surface area contributed by atoms with E-state index in [0.29, 0.717) is 5.95 Å². The van der Waals surface area contributed by atoms with Gasteiger partial charge in [0.1, 0.15) is 5.65 Å². The maximum absolute atomic E-state index is 7.56. The van der Waals surface area contributed by atoms with Crippen molar-refractivity contribution in [2.45, 2.75) is 33.9 Å². The van der Waals surface area contributed by atoms with Gasteiger partial charge in [-0.3, -0.25) is 10.3 Å². The molecule has 0 aromatic carbocycles. The van der Waals surface area contributed by atoms with Crippen LogP contribution in [0.15, 0.2) is 12.3 Å². The van der Waals surface area contributed by atoms with Gasteiger partial charge in [-0.1, -0.05) is 20.8 Å². The SMILES string of the molecule is CC(C)(C)Cn1c(CN2CCN(C(=N)N)CC2)cc2cnc(N)nc21. The zero-order chi connectivity index (χ0) is 18.2. The third kappa shape index (κ3) is 4.01. The van der Waals surface area contributed by atoms with Gasteiger partial charge in [-0.15, -0.1) is 0 Å². The molecular weight excluding hydrogens is 316 g/mol. The van der Waals surface area contributed by atoms with Gasteiger partial charge in [-0.05, 0) is 11.5 Å². The molecular formula is C17H28N8. The average molecular weight is 344 g/mol. The minimum absolute atomic E-state index is 0.133. The Bertz CT molecular complexity index is 765. The Kier molecular flexibility index (Phi) is 4.55. The molecule has 2 aromatic rings. The van der Waals surface area contributed by atoms with Crippen molar-refractivity contribution >= 4 is 22.9 Å². The van der Waals surface area contributed by atoms with Crippen LogP contribution in [0.25, 0.3) is 11.0 Å². The zero-order valence-electron chi connectivity index (χ0n) is 15.3. The first kappa shape index (κ1) is 17.5. The van der Waals surface area contributed by atoms with Crippen molar-refractivity contribution in [2.24, 2.45) is 11.1 Å². The highest BCUT2D eigenvalue weighted by Gasteiger charge is 2.22. The summed E-state index contributed by atoms with van der Waals surface area (Å²) in [6.07, 6.45) is 1.80. The maximum Gasteiger partial charge on any atom is 0.221 e. The second kappa shape index (κ2) is 6.51. The van der Waals surface area contributed by atoms with Gasteiger partial charge in [-0.25, -0.2) is 4.98 Å². The lowest BCUT2D eigenvalue weighted by Crippen LogP contribution is -2.50. The van der Waals surface area contributed by atoms with Gasteiger partial charge in [0.2, 0.25) is 5.95 Å². The van der Waals surface area contributed by atoms with Gasteiger partial charge >= 0.3 is 0 Å². The lowest BCUT2D eigenvalue weighted by molar-refractivity contribution is 0.169. The molecule has 0 saturated carbocycles. The molecule has 0 atom stereocenters. The van der Waals surface area contributed by atoms with Crippen LogP contribution in [-0.4, -0.2) is 56.5 Å². The van der Waals surface area contributed by atoms with Crippen molar-refractivity contribution < 1.29 is 0 Å². The van der Waals surface area contributed by atoms with Crippen molar-refractivity contribution in [3.05, 3.63) is 18.0 Å². The molecule has 8 heteroatoms. The van der Waals surface area contributed by atoms with Crippen LogP contribution in [0, 0.1) is 10.8 Å². The molecule has 0 aliphatic carbocycles. The fourth-order valence-corrected chi connectivity index (χ4v) is 3.26. The standard InChI is InChI=1S/C17H28N8/c1-17(2,3)11-25-13(8-12-9-21-16(20)22-14(12)25)10-23-4-6-24(7-5-23)15(18)19/h8-9H,4-7,10-11H2,1-3H3,(H3,18,19)(H2,20,21,22). The number of aromatic nitrogens is 3. The number of rotatable bonds is 3. The fourth-order valence-electron chi connectivity index (χ4n) is 3.26. The minimum atomic E-state index is 0.133. The summed E-state index contributed by atoms with van der Waals surface area (Å²) in [6.45, 7) is 11.8. The highest BCUT2D eigenvalue weighted by atomic mass is 15.3. The Balaban J connectivity index is 1.85. The minimum Gasteiger partial charge on any atom is -0.370 e. The van der Waals surface area contributed by atoms with Crippen molar-refractivity contribution in [1.82, 2.24) is 24.3 Å². The van der Waals surface area contributed by atoms with Crippen molar-refractivity contribution in [2.75, 3.05) is 31.9 Å². The summed E-state index contributed by atoms with van der Waals surface area (Å²) in [7, 11) is 0. The third-order valence-electron chi connectivity index (χ3n) is 4.47. The van der Waals surface area contributed by atoms with Gasteiger partial charge < -0.3 is 20.9 Å². The summed E-state index contributed by atoms with van der Waals surface area (Å²) in [5.41, 5.74) is 13.7. The third-order valence-corrected chi connectivity index (χ3v) is 4.47. The Labute approximate surface area is 148 Å². The second-order valence-corrected chi connectivity index (χ2v) is 7.94. The van der Waals surface area contributed by atoms with E-state index >= 15 is 0 Å². The number of hydrogen-bond acceptors (Lipinski definition) is 5. The second-order valence-electron chi connectivity index (χ2n) is 7.94. The van der Waals surface area contributed by atoms with E-state index in [4.69, 9.17) is 16.9 Å². The van der Waals surface area contributed by atoms with Crippen molar-refractivity contribution in [1.29, 1.82) is 5.41 Å². The van der Waals surface area contributed by atoms with E-state index < -0.39 is 0 Å². The Morgan fingerprint density at radius 2 is 1.92 bits per heavy atom. The molecule has 0 bridgehead atoms. The number of nitrogens with two attached hydrogens (primary N) is 2. The van der Waals surface area contributed by atoms with Gasteiger partial charge in [0, 0.05) is 56.5 Å². The smallest absolute Gasteiger partial charge is 0.221 e. The quantitative estimate of drug-likeness (QED) is 0.567. The van der Waals surface area contributed by atoms with E-state index in [0.717, 1.165) is 50.3 Å². The van der Waals surface area contributed by atoms with Crippen LogP contribution in [0.5, 0.6) is 0 Å². The maximum atomic E-state index is 7.56. The van der Waals surface area contributed by atoms with Crippen LogP contribution < -0.4 is 11.5 Å². The molecule has 2 aromatic heterocycles. The zero-order valence-corrected chi connectivity index (χ0v) is 15.3. The number of nitrogens with zero attached hydrogens (tertiary/aromatic N) is 5. The molecule has 0 spiro atoms. The summed E-state index contributed by atoms with van der Waals surface area (Å²) in [6, 6.07) is 2.16. The van der Waals surface area contributed by atoms with Crippen molar-refractivity contribution in [3.8, 4) is 0 Å². The van der Waals surface area contributed by atoms with E-state index in [1.807, 2.05) is 4.90 Å². The predicted octanol–water partition coefficient (Wildman–Crippen LogP) is 1.07. The summed E-state index contributed by atoms with van der Waals surface area (Å²) < 4.78 is 2.27. The van der Waals surface area contributed by atoms with Crippen LogP contribution in [0.1, 0.15) is 26.5 Å². The van der Waals surface area contributed by atoms with Gasteiger partial charge in [0.05, 0.1) is 0 Å². The highest BCUT2D eigenvalue weighted by Crippen LogP contribution is 2.25. The van der Waals surface area contributed by atoms with Gasteiger partial charge in [-0.2, -0.15) is 4.98 Å². The van der Waals surface area contributed by atoms with E-state index in [-0.39, 0.29) is 11.4 Å². The molecule has 1 saturated heterocycles. The number of anilines is 1. The highest BCUT2D eigenvalue weighted by molar-refractivity contribution is 5.77. The Morgan fingerprint density at radius 3 is 2.52 bits per heavy atom. The Morgan fingerprint density at radius 1 is 1.24 bits per heavy atom. The van der Waals surface area contributed by atoms with E-state index in [9.17, 15) is 0 Å². The summed E-state index contributed by atoms with van der Waals surface area (Å²) in [5.74, 6) is 0.467. The Hall–Kier alpha value is -2.35. The van der Waals surface area contributed by atoms with Crippen molar-refractivity contribution in [3.63, 3.8) is 0 Å². The molecule has 3 heterocycles. The molecule has 3 rings (SSSR count). The average Bonchev–Trinajstić information content (AvgIpc) is 2.83. The number of fused-ring (bicyclic) bond motifs is 1. The molecule has 5 N–H and O–H groups in total. The molecule has 25 heavy (non-hydrogen) atoms. The first-order chi connectivity index (χ1) is 11.7. The lowest BCUT2D eigenvalue weighted by atomic mass is 9.97. The summed E-state index contributed by atoms with van der Waals surface area (Å²) in [4.78, 5) is 12.9. The molecule has 0 amide bonds. The van der Waals surface area contributed by atoms with E-state index in [1.165, 1.54) is 5.69 Å². The molecule has 1 aliphatic heterocycles. The monoisotopic (exact) mass is 344 g/mol. The number of hydrogen-bond donors (Lipinski definition) is 3. The van der Waals surface area contributed by atoms with E-state index in [2.05, 4.69) is 46.3 Å². The van der Waals surface area contributed by atoms with Gasteiger partial charge in [0.25, 0.3) is 0 Å². The van der Waals surface area contributed by atoms with Crippen LogP contribution >= 0.6 is 0 Å². The van der Waals surface area contributed by atoms with Crippen LogP contribution in [0.4, 0.5) is 5.95 Å². The molecule has 0 radical (unpaired) electrons. The lowest BCUT2D eigenvalue weighted by Gasteiger charge is -2.35.